The second-order valence-corrected chi connectivity index (χ2v) is 7.76. The highest BCUT2D eigenvalue weighted by Crippen LogP contribution is 2.39. The number of pyridine rings is 1. The molecule has 7 nitrogen and oxygen atoms in total. The Kier molecular flexibility index (Phi) is 6.78. The van der Waals surface area contributed by atoms with Crippen molar-refractivity contribution in [1.82, 2.24) is 4.98 Å². The molecule has 1 saturated heterocycles. The van der Waals surface area contributed by atoms with E-state index in [4.69, 9.17) is 25.8 Å². The molecule has 2 aromatic carbocycles. The zero-order valence-corrected chi connectivity index (χ0v) is 18.3. The number of methoxy groups -OCH3 is 1. The van der Waals surface area contributed by atoms with E-state index in [1.165, 1.54) is 0 Å². The van der Waals surface area contributed by atoms with E-state index < -0.39 is 5.97 Å². The van der Waals surface area contributed by atoms with Gasteiger partial charge in [0.25, 0.3) is 0 Å². The number of aromatic nitrogens is 1. The number of hydrogen-bond donors (Lipinski definition) is 1. The Morgan fingerprint density at radius 3 is 2.84 bits per heavy atom. The standard InChI is InChI=1S/C24H23ClN2O5/c1-30-18-5-7-22(23(12-18)32-19-8-10-31-15-19)27(14-16-3-2-9-26-13-16)17-4-6-21(25)20(11-17)24(28)29/h2-7,9,11-13,19H,8,10,14-15H2,1H3,(H,28,29)/t19-/m1/s1. The molecule has 0 radical (unpaired) electrons. The number of nitrogens with zero attached hydrogens (tertiary/aromatic N) is 2. The fourth-order valence-electron chi connectivity index (χ4n) is 3.56. The van der Waals surface area contributed by atoms with Crippen LogP contribution in [0.1, 0.15) is 22.3 Å². The van der Waals surface area contributed by atoms with Crippen LogP contribution in [0.15, 0.2) is 60.9 Å². The van der Waals surface area contributed by atoms with E-state index >= 15 is 0 Å². The lowest BCUT2D eigenvalue weighted by atomic mass is 10.1. The molecular weight excluding hydrogens is 432 g/mol. The average Bonchev–Trinajstić information content (AvgIpc) is 3.32. The second-order valence-electron chi connectivity index (χ2n) is 7.35. The van der Waals surface area contributed by atoms with Gasteiger partial charge in [-0.1, -0.05) is 17.7 Å². The van der Waals surface area contributed by atoms with Crippen LogP contribution in [0.4, 0.5) is 11.4 Å². The van der Waals surface area contributed by atoms with Gasteiger partial charge in [-0.15, -0.1) is 0 Å². The maximum atomic E-state index is 11.7. The Bertz CT molecular complexity index is 1090. The number of halogens is 1. The first-order valence-corrected chi connectivity index (χ1v) is 10.5. The minimum Gasteiger partial charge on any atom is -0.497 e. The lowest BCUT2D eigenvalue weighted by Crippen LogP contribution is -2.21. The van der Waals surface area contributed by atoms with Crippen molar-refractivity contribution in [2.75, 3.05) is 25.2 Å². The molecular formula is C24H23ClN2O5. The van der Waals surface area contributed by atoms with Crippen LogP contribution >= 0.6 is 11.6 Å². The van der Waals surface area contributed by atoms with Crippen molar-refractivity contribution < 1.29 is 24.1 Å². The summed E-state index contributed by atoms with van der Waals surface area (Å²) < 4.78 is 17.2. The summed E-state index contributed by atoms with van der Waals surface area (Å²) in [6, 6.07) is 14.3. The van der Waals surface area contributed by atoms with Crippen LogP contribution in [0, 0.1) is 0 Å². The van der Waals surface area contributed by atoms with Gasteiger partial charge in [0.1, 0.15) is 17.6 Å². The Balaban J connectivity index is 1.81. The Hall–Kier alpha value is -3.29. The quantitative estimate of drug-likeness (QED) is 0.515. The van der Waals surface area contributed by atoms with Crippen LogP contribution in [0.5, 0.6) is 11.5 Å². The maximum Gasteiger partial charge on any atom is 0.337 e. The lowest BCUT2D eigenvalue weighted by molar-refractivity contribution is 0.0697. The average molecular weight is 455 g/mol. The first-order chi connectivity index (χ1) is 15.5. The van der Waals surface area contributed by atoms with Crippen molar-refractivity contribution in [2.24, 2.45) is 0 Å². The summed E-state index contributed by atoms with van der Waals surface area (Å²) >= 11 is 6.12. The van der Waals surface area contributed by atoms with Crippen molar-refractivity contribution >= 4 is 28.9 Å². The van der Waals surface area contributed by atoms with Gasteiger partial charge >= 0.3 is 5.97 Å². The van der Waals surface area contributed by atoms with Crippen LogP contribution in [0.3, 0.4) is 0 Å². The fraction of sp³-hybridized carbons (Fsp3) is 0.250. The van der Waals surface area contributed by atoms with E-state index in [-0.39, 0.29) is 16.7 Å². The molecule has 166 valence electrons. The number of benzene rings is 2. The van der Waals surface area contributed by atoms with Crippen molar-refractivity contribution in [2.45, 2.75) is 19.1 Å². The van der Waals surface area contributed by atoms with Crippen LogP contribution in [0.25, 0.3) is 0 Å². The van der Waals surface area contributed by atoms with Crippen LogP contribution < -0.4 is 14.4 Å². The van der Waals surface area contributed by atoms with Gasteiger partial charge in [-0.25, -0.2) is 4.79 Å². The van der Waals surface area contributed by atoms with Gasteiger partial charge in [-0.05, 0) is 42.0 Å². The normalized spacial score (nSPS) is 15.4. The van der Waals surface area contributed by atoms with Crippen molar-refractivity contribution in [3.05, 3.63) is 77.1 Å². The third kappa shape index (κ3) is 4.95. The number of rotatable bonds is 8. The molecule has 8 heteroatoms. The van der Waals surface area contributed by atoms with E-state index in [0.717, 1.165) is 17.7 Å². The monoisotopic (exact) mass is 454 g/mol. The smallest absolute Gasteiger partial charge is 0.337 e. The summed E-state index contributed by atoms with van der Waals surface area (Å²) in [4.78, 5) is 17.9. The van der Waals surface area contributed by atoms with Crippen LogP contribution in [0.2, 0.25) is 5.02 Å². The van der Waals surface area contributed by atoms with Gasteiger partial charge in [0.2, 0.25) is 0 Å². The van der Waals surface area contributed by atoms with Gasteiger partial charge in [0.05, 0.1) is 36.6 Å². The second kappa shape index (κ2) is 9.89. The minimum atomic E-state index is -1.09. The Labute approximate surface area is 191 Å². The molecule has 1 aliphatic rings. The molecule has 2 heterocycles. The topological polar surface area (TPSA) is 81.1 Å². The Morgan fingerprint density at radius 1 is 1.28 bits per heavy atom. The van der Waals surface area contributed by atoms with Gasteiger partial charge < -0.3 is 24.2 Å². The van der Waals surface area contributed by atoms with Crippen molar-refractivity contribution in [1.29, 1.82) is 0 Å². The molecule has 1 atom stereocenters. The number of hydrogen-bond acceptors (Lipinski definition) is 6. The SMILES string of the molecule is COc1ccc(N(Cc2cccnc2)c2ccc(Cl)c(C(=O)O)c2)c(O[C@@H]2CCOC2)c1. The fourth-order valence-corrected chi connectivity index (χ4v) is 3.76. The van der Waals surface area contributed by atoms with Gasteiger partial charge in [0.15, 0.2) is 0 Å². The highest BCUT2D eigenvalue weighted by atomic mass is 35.5. The summed E-state index contributed by atoms with van der Waals surface area (Å²) in [6.07, 6.45) is 4.21. The zero-order valence-electron chi connectivity index (χ0n) is 17.5. The number of carbonyl (C=O) groups is 1. The predicted molar refractivity (Wildman–Crippen MR) is 121 cm³/mol. The molecule has 32 heavy (non-hydrogen) atoms. The molecule has 1 fully saturated rings. The summed E-state index contributed by atoms with van der Waals surface area (Å²) in [6.45, 7) is 1.62. The number of carboxylic acid groups (broad SMARTS) is 1. The van der Waals surface area contributed by atoms with Crippen LogP contribution in [-0.4, -0.2) is 42.5 Å². The molecule has 0 saturated carbocycles. The molecule has 0 aliphatic carbocycles. The summed E-state index contributed by atoms with van der Waals surface area (Å²) in [7, 11) is 1.60. The molecule has 1 aliphatic heterocycles. The van der Waals surface area contributed by atoms with E-state index in [0.29, 0.717) is 36.9 Å². The summed E-state index contributed by atoms with van der Waals surface area (Å²) in [5.41, 5.74) is 2.40. The minimum absolute atomic E-state index is 0.0283. The van der Waals surface area contributed by atoms with E-state index in [1.807, 2.05) is 35.2 Å². The zero-order chi connectivity index (χ0) is 22.5. The van der Waals surface area contributed by atoms with E-state index in [1.54, 1.807) is 37.7 Å². The third-order valence-electron chi connectivity index (χ3n) is 5.19. The summed E-state index contributed by atoms with van der Waals surface area (Å²) in [5.74, 6) is 0.189. The number of anilines is 2. The van der Waals surface area contributed by atoms with Crippen LogP contribution in [-0.2, 0) is 11.3 Å². The maximum absolute atomic E-state index is 11.7. The molecule has 0 unspecified atom stereocenters. The molecule has 0 bridgehead atoms. The molecule has 1 N–H and O–H groups in total. The molecule has 1 aromatic heterocycles. The number of carboxylic acids is 1. The lowest BCUT2D eigenvalue weighted by Gasteiger charge is -2.28. The highest BCUT2D eigenvalue weighted by molar-refractivity contribution is 6.33. The van der Waals surface area contributed by atoms with E-state index in [2.05, 4.69) is 4.98 Å². The van der Waals surface area contributed by atoms with Gasteiger partial charge in [-0.2, -0.15) is 0 Å². The summed E-state index contributed by atoms with van der Waals surface area (Å²) in [5, 5.41) is 9.75. The first kappa shape index (κ1) is 21.9. The number of ether oxygens (including phenoxy) is 3. The highest BCUT2D eigenvalue weighted by Gasteiger charge is 2.23. The number of aromatic carboxylic acids is 1. The van der Waals surface area contributed by atoms with Gasteiger partial charge in [0, 0.05) is 37.1 Å². The van der Waals surface area contributed by atoms with Gasteiger partial charge in [-0.3, -0.25) is 4.98 Å². The molecule has 0 amide bonds. The third-order valence-corrected chi connectivity index (χ3v) is 5.52. The first-order valence-electron chi connectivity index (χ1n) is 10.2. The predicted octanol–water partition coefficient (Wildman–Crippen LogP) is 4.95. The van der Waals surface area contributed by atoms with Crippen molar-refractivity contribution in [3.63, 3.8) is 0 Å². The molecule has 3 aromatic rings. The Morgan fingerprint density at radius 2 is 2.16 bits per heavy atom. The largest absolute Gasteiger partial charge is 0.497 e. The molecule has 0 spiro atoms. The molecule has 4 rings (SSSR count). The van der Waals surface area contributed by atoms with Crippen molar-refractivity contribution in [3.8, 4) is 11.5 Å². The van der Waals surface area contributed by atoms with E-state index in [9.17, 15) is 9.90 Å².